The molecule has 0 aliphatic heterocycles. The van der Waals surface area contributed by atoms with E-state index in [1.165, 1.54) is 0 Å². The zero-order valence-corrected chi connectivity index (χ0v) is 12.1. The van der Waals surface area contributed by atoms with Crippen molar-refractivity contribution >= 4 is 29.1 Å². The minimum atomic E-state index is -0.198. The van der Waals surface area contributed by atoms with Crippen molar-refractivity contribution in [1.29, 1.82) is 0 Å². The topological polar surface area (TPSA) is 42.4 Å². The average Bonchev–Trinajstić information content (AvgIpc) is 2.27. The van der Waals surface area contributed by atoms with E-state index in [-0.39, 0.29) is 22.3 Å². The molecule has 4 nitrogen and oxygen atoms in total. The molecular weight excluding hydrogens is 275 g/mol. The number of carbonyl (C=O) groups is 1. The van der Waals surface area contributed by atoms with Crippen LogP contribution in [-0.4, -0.2) is 42.1 Å². The highest BCUT2D eigenvalue weighted by molar-refractivity contribution is 6.34. The fourth-order valence-corrected chi connectivity index (χ4v) is 1.73. The number of nitrogens with zero attached hydrogens (tertiary/aromatic N) is 2. The van der Waals surface area contributed by atoms with Crippen LogP contribution in [-0.2, 0) is 4.74 Å². The number of amides is 1. The number of hydrogen-bond acceptors (Lipinski definition) is 3. The first-order chi connectivity index (χ1) is 8.41. The van der Waals surface area contributed by atoms with Crippen molar-refractivity contribution in [2.75, 3.05) is 20.2 Å². The Hall–Kier alpha value is -0.840. The van der Waals surface area contributed by atoms with Crippen LogP contribution < -0.4 is 0 Å². The Labute approximate surface area is 117 Å². The lowest BCUT2D eigenvalue weighted by Crippen LogP contribution is -2.31. The van der Waals surface area contributed by atoms with Gasteiger partial charge in [-0.25, -0.2) is 4.98 Å². The lowest BCUT2D eigenvalue weighted by atomic mass is 10.2. The van der Waals surface area contributed by atoms with Crippen LogP contribution in [0.5, 0.6) is 0 Å². The third kappa shape index (κ3) is 4.44. The molecule has 0 aromatic carbocycles. The van der Waals surface area contributed by atoms with Crippen molar-refractivity contribution < 1.29 is 9.53 Å². The number of ether oxygens (including phenoxy) is 1. The van der Waals surface area contributed by atoms with Gasteiger partial charge >= 0.3 is 0 Å². The van der Waals surface area contributed by atoms with E-state index in [1.807, 2.05) is 13.8 Å². The van der Waals surface area contributed by atoms with Crippen molar-refractivity contribution in [3.05, 3.63) is 28.0 Å². The van der Waals surface area contributed by atoms with Gasteiger partial charge in [0.2, 0.25) is 0 Å². The summed E-state index contributed by atoms with van der Waals surface area (Å²) in [6, 6.07) is 3.11. The van der Waals surface area contributed by atoms with Gasteiger partial charge in [0, 0.05) is 13.6 Å². The van der Waals surface area contributed by atoms with Gasteiger partial charge in [0.1, 0.15) is 10.3 Å². The molecule has 0 atom stereocenters. The summed E-state index contributed by atoms with van der Waals surface area (Å²) in [5, 5.41) is 0.381. The lowest BCUT2D eigenvalue weighted by molar-refractivity contribution is 0.0532. The molecule has 0 bridgehead atoms. The second-order valence-electron chi connectivity index (χ2n) is 4.12. The molecule has 1 rings (SSSR count). The van der Waals surface area contributed by atoms with E-state index in [4.69, 9.17) is 27.9 Å². The Kier molecular flexibility index (Phi) is 5.85. The summed E-state index contributed by atoms with van der Waals surface area (Å²) in [4.78, 5) is 17.4. The number of hydrogen-bond donors (Lipinski definition) is 0. The van der Waals surface area contributed by atoms with Crippen molar-refractivity contribution in [3.8, 4) is 0 Å². The van der Waals surface area contributed by atoms with Gasteiger partial charge in [-0.2, -0.15) is 0 Å². The minimum Gasteiger partial charge on any atom is -0.377 e. The van der Waals surface area contributed by atoms with E-state index in [0.717, 1.165) is 0 Å². The normalized spacial score (nSPS) is 10.8. The van der Waals surface area contributed by atoms with Gasteiger partial charge in [0.25, 0.3) is 5.91 Å². The van der Waals surface area contributed by atoms with Crippen molar-refractivity contribution in [3.63, 3.8) is 0 Å². The summed E-state index contributed by atoms with van der Waals surface area (Å²) in [6.07, 6.45) is 0.147. The lowest BCUT2D eigenvalue weighted by Gasteiger charge is -2.18. The molecule has 0 saturated carbocycles. The molecule has 100 valence electrons. The fourth-order valence-electron chi connectivity index (χ4n) is 1.30. The van der Waals surface area contributed by atoms with Crippen LogP contribution in [0.1, 0.15) is 24.2 Å². The molecule has 0 N–H and O–H groups in total. The smallest absolute Gasteiger partial charge is 0.256 e. The summed E-state index contributed by atoms with van der Waals surface area (Å²) in [5.74, 6) is -0.198. The number of aromatic nitrogens is 1. The molecule has 1 amide bonds. The highest BCUT2D eigenvalue weighted by atomic mass is 35.5. The van der Waals surface area contributed by atoms with Crippen molar-refractivity contribution in [2.24, 2.45) is 0 Å². The summed E-state index contributed by atoms with van der Waals surface area (Å²) in [5.41, 5.74) is 0.341. The van der Waals surface area contributed by atoms with Crippen LogP contribution >= 0.6 is 23.2 Å². The molecule has 0 fully saturated rings. The maximum Gasteiger partial charge on any atom is 0.256 e. The van der Waals surface area contributed by atoms with E-state index < -0.39 is 0 Å². The number of rotatable bonds is 5. The SMILES string of the molecule is CC(C)OCCN(C)C(=O)c1ccc(Cl)nc1Cl. The largest absolute Gasteiger partial charge is 0.377 e. The molecule has 0 aliphatic carbocycles. The van der Waals surface area contributed by atoms with E-state index in [1.54, 1.807) is 24.1 Å². The predicted molar refractivity (Wildman–Crippen MR) is 72.3 cm³/mol. The first-order valence-electron chi connectivity index (χ1n) is 5.61. The minimum absolute atomic E-state index is 0.115. The Morgan fingerprint density at radius 2 is 2.11 bits per heavy atom. The molecule has 0 aliphatic rings. The molecule has 6 heteroatoms. The van der Waals surface area contributed by atoms with Crippen molar-refractivity contribution in [2.45, 2.75) is 20.0 Å². The first kappa shape index (κ1) is 15.2. The predicted octanol–water partition coefficient (Wildman–Crippen LogP) is 2.89. The van der Waals surface area contributed by atoms with Crippen LogP contribution in [0.3, 0.4) is 0 Å². The van der Waals surface area contributed by atoms with Gasteiger partial charge in [-0.1, -0.05) is 23.2 Å². The average molecular weight is 291 g/mol. The molecule has 1 aromatic heterocycles. The quantitative estimate of drug-likeness (QED) is 0.783. The van der Waals surface area contributed by atoms with Crippen molar-refractivity contribution in [1.82, 2.24) is 9.88 Å². The van der Waals surface area contributed by atoms with E-state index >= 15 is 0 Å². The second kappa shape index (κ2) is 6.92. The van der Waals surface area contributed by atoms with Crippen LogP contribution in [0.25, 0.3) is 0 Å². The molecule has 0 unspecified atom stereocenters. The molecule has 0 spiro atoms. The van der Waals surface area contributed by atoms with Crippen LogP contribution in [0.15, 0.2) is 12.1 Å². The first-order valence-corrected chi connectivity index (χ1v) is 6.36. The maximum absolute atomic E-state index is 12.1. The number of pyridine rings is 1. The van der Waals surface area contributed by atoms with Gasteiger partial charge in [-0.05, 0) is 26.0 Å². The Morgan fingerprint density at radius 1 is 1.44 bits per heavy atom. The Balaban J connectivity index is 2.63. The summed E-state index contributed by atoms with van der Waals surface area (Å²) < 4.78 is 5.38. The molecule has 0 radical (unpaired) electrons. The van der Waals surface area contributed by atoms with E-state index in [2.05, 4.69) is 4.98 Å². The van der Waals surface area contributed by atoms with Crippen LogP contribution in [0.2, 0.25) is 10.3 Å². The summed E-state index contributed by atoms with van der Waals surface area (Å²) >= 11 is 11.6. The van der Waals surface area contributed by atoms with Gasteiger partial charge < -0.3 is 9.64 Å². The Bertz CT molecular complexity index is 425. The molecular formula is C12H16Cl2N2O2. The van der Waals surface area contributed by atoms with Crippen LogP contribution in [0.4, 0.5) is 0 Å². The third-order valence-electron chi connectivity index (χ3n) is 2.27. The Morgan fingerprint density at radius 3 is 2.67 bits per heavy atom. The number of halogens is 2. The van der Waals surface area contributed by atoms with Gasteiger partial charge in [0.15, 0.2) is 0 Å². The monoisotopic (exact) mass is 290 g/mol. The molecule has 0 saturated heterocycles. The standard InChI is InChI=1S/C12H16Cl2N2O2/c1-8(2)18-7-6-16(3)12(17)9-4-5-10(13)15-11(9)14/h4-5,8H,6-7H2,1-3H3. The van der Waals surface area contributed by atoms with E-state index in [9.17, 15) is 4.79 Å². The summed E-state index contributed by atoms with van der Waals surface area (Å²) in [6.45, 7) is 4.87. The highest BCUT2D eigenvalue weighted by Crippen LogP contribution is 2.17. The zero-order chi connectivity index (χ0) is 13.7. The second-order valence-corrected chi connectivity index (χ2v) is 4.86. The summed E-state index contributed by atoms with van der Waals surface area (Å²) in [7, 11) is 1.69. The van der Waals surface area contributed by atoms with Gasteiger partial charge in [-0.3, -0.25) is 4.79 Å². The molecule has 18 heavy (non-hydrogen) atoms. The third-order valence-corrected chi connectivity index (χ3v) is 2.77. The molecule has 1 aromatic rings. The van der Waals surface area contributed by atoms with Crippen LogP contribution in [0, 0.1) is 0 Å². The van der Waals surface area contributed by atoms with Gasteiger partial charge in [-0.15, -0.1) is 0 Å². The van der Waals surface area contributed by atoms with Gasteiger partial charge in [0.05, 0.1) is 18.3 Å². The fraction of sp³-hybridized carbons (Fsp3) is 0.500. The number of carbonyl (C=O) groups excluding carboxylic acids is 1. The molecule has 1 heterocycles. The number of likely N-dealkylation sites (N-methyl/N-ethyl adjacent to an activating group) is 1. The maximum atomic E-state index is 12.1. The zero-order valence-electron chi connectivity index (χ0n) is 10.6. The van der Waals surface area contributed by atoms with E-state index in [0.29, 0.717) is 18.7 Å². The highest BCUT2D eigenvalue weighted by Gasteiger charge is 2.16.